The van der Waals surface area contributed by atoms with Crippen molar-refractivity contribution >= 4 is 40.8 Å². The van der Waals surface area contributed by atoms with E-state index in [0.29, 0.717) is 28.6 Å². The van der Waals surface area contributed by atoms with Gasteiger partial charge in [0, 0.05) is 15.7 Å². The van der Waals surface area contributed by atoms with E-state index in [-0.39, 0.29) is 5.91 Å². The van der Waals surface area contributed by atoms with Crippen molar-refractivity contribution in [2.75, 3.05) is 5.32 Å². The van der Waals surface area contributed by atoms with Crippen molar-refractivity contribution in [1.82, 2.24) is 0 Å². The lowest BCUT2D eigenvalue weighted by Gasteiger charge is -2.26. The minimum absolute atomic E-state index is 0.326. The number of benzene rings is 1. The lowest BCUT2D eigenvalue weighted by Crippen LogP contribution is -2.35. The van der Waals surface area contributed by atoms with Crippen molar-refractivity contribution < 1.29 is 14.7 Å². The van der Waals surface area contributed by atoms with Gasteiger partial charge in [-0.05, 0) is 38.0 Å². The molecule has 0 radical (unpaired) electrons. The van der Waals surface area contributed by atoms with Crippen LogP contribution in [0.5, 0.6) is 0 Å². The Labute approximate surface area is 132 Å². The summed E-state index contributed by atoms with van der Waals surface area (Å²) < 4.78 is 0. The van der Waals surface area contributed by atoms with E-state index < -0.39 is 17.8 Å². The number of carbonyl (C=O) groups is 2. The van der Waals surface area contributed by atoms with E-state index in [1.54, 1.807) is 18.2 Å². The van der Waals surface area contributed by atoms with Crippen LogP contribution in [0.2, 0.25) is 10.0 Å². The molecule has 1 aromatic rings. The molecule has 0 saturated carbocycles. The minimum Gasteiger partial charge on any atom is -0.481 e. The number of aliphatic carboxylic acids is 1. The molecule has 21 heavy (non-hydrogen) atoms. The van der Waals surface area contributed by atoms with E-state index in [4.69, 9.17) is 23.2 Å². The molecule has 0 bridgehead atoms. The number of nitrogens with one attached hydrogen (secondary N) is 1. The van der Waals surface area contributed by atoms with Crippen LogP contribution in [0.15, 0.2) is 29.8 Å². The maximum Gasteiger partial charge on any atom is 0.307 e. The quantitative estimate of drug-likeness (QED) is 0.825. The third-order valence-corrected chi connectivity index (χ3v) is 3.97. The molecule has 0 saturated heterocycles. The number of carboxylic acids is 1. The van der Waals surface area contributed by atoms with Crippen LogP contribution in [-0.2, 0) is 9.59 Å². The molecule has 0 aromatic heterocycles. The number of carbonyl (C=O) groups excluding carboxylic acids is 1. The highest BCUT2D eigenvalue weighted by atomic mass is 35.5. The Morgan fingerprint density at radius 3 is 2.38 bits per heavy atom. The number of carboxylic acid groups (broad SMARTS) is 1. The Morgan fingerprint density at radius 2 is 1.81 bits per heavy atom. The standard InChI is InChI=1S/C15H15Cl2NO3/c1-8-2-3-12(15(20)21)13(4-8)14(19)18-11-6-9(16)5-10(17)7-11/h2,5-7,12-13H,3-4H2,1H3,(H,18,19)(H,20,21)/t12-,13+/m1/s1. The molecule has 0 heterocycles. The summed E-state index contributed by atoms with van der Waals surface area (Å²) in [6.45, 7) is 1.90. The summed E-state index contributed by atoms with van der Waals surface area (Å²) in [5, 5.41) is 12.8. The predicted octanol–water partition coefficient (Wildman–Crippen LogP) is 3.99. The first kappa shape index (κ1) is 15.9. The molecule has 1 aliphatic carbocycles. The van der Waals surface area contributed by atoms with Gasteiger partial charge in [0.2, 0.25) is 5.91 Å². The first-order chi connectivity index (χ1) is 9.86. The zero-order valence-corrected chi connectivity index (χ0v) is 12.9. The Bertz CT molecular complexity index is 593. The van der Waals surface area contributed by atoms with Gasteiger partial charge in [-0.3, -0.25) is 9.59 Å². The second-order valence-electron chi connectivity index (χ2n) is 5.19. The van der Waals surface area contributed by atoms with Gasteiger partial charge in [0.05, 0.1) is 11.8 Å². The number of anilines is 1. The zero-order chi connectivity index (χ0) is 15.6. The van der Waals surface area contributed by atoms with Crippen molar-refractivity contribution in [3.8, 4) is 0 Å². The molecule has 0 fully saturated rings. The van der Waals surface area contributed by atoms with Gasteiger partial charge in [-0.25, -0.2) is 0 Å². The monoisotopic (exact) mass is 327 g/mol. The third kappa shape index (κ3) is 3.99. The fourth-order valence-electron chi connectivity index (χ4n) is 2.47. The largest absolute Gasteiger partial charge is 0.481 e. The van der Waals surface area contributed by atoms with Gasteiger partial charge in [-0.15, -0.1) is 0 Å². The topological polar surface area (TPSA) is 66.4 Å². The molecule has 2 atom stereocenters. The minimum atomic E-state index is -0.956. The van der Waals surface area contributed by atoms with Gasteiger partial charge in [0.15, 0.2) is 0 Å². The smallest absolute Gasteiger partial charge is 0.307 e. The van der Waals surface area contributed by atoms with Crippen LogP contribution in [0.3, 0.4) is 0 Å². The van der Waals surface area contributed by atoms with Crippen molar-refractivity contribution in [3.63, 3.8) is 0 Å². The summed E-state index contributed by atoms with van der Waals surface area (Å²) in [6.07, 6.45) is 2.69. The highest BCUT2D eigenvalue weighted by Crippen LogP contribution is 2.31. The SMILES string of the molecule is CC1=CC[C@@H](C(=O)O)[C@@H](C(=O)Nc2cc(Cl)cc(Cl)c2)C1. The maximum atomic E-state index is 12.4. The van der Waals surface area contributed by atoms with Crippen LogP contribution in [0.1, 0.15) is 19.8 Å². The molecule has 0 unspecified atom stereocenters. The molecule has 0 aliphatic heterocycles. The molecule has 1 aromatic carbocycles. The maximum absolute atomic E-state index is 12.4. The molecular weight excluding hydrogens is 313 g/mol. The molecule has 6 heteroatoms. The van der Waals surface area contributed by atoms with Crippen LogP contribution in [0, 0.1) is 11.8 Å². The lowest BCUT2D eigenvalue weighted by molar-refractivity contribution is -0.146. The van der Waals surface area contributed by atoms with Crippen LogP contribution in [-0.4, -0.2) is 17.0 Å². The molecule has 112 valence electrons. The Kier molecular flexibility index (Phi) is 4.91. The van der Waals surface area contributed by atoms with Gasteiger partial charge >= 0.3 is 5.97 Å². The van der Waals surface area contributed by atoms with E-state index in [0.717, 1.165) is 5.57 Å². The average molecular weight is 328 g/mol. The van der Waals surface area contributed by atoms with Gasteiger partial charge in [0.1, 0.15) is 0 Å². The van der Waals surface area contributed by atoms with Crippen molar-refractivity contribution in [2.45, 2.75) is 19.8 Å². The second kappa shape index (κ2) is 6.50. The summed E-state index contributed by atoms with van der Waals surface area (Å²) >= 11 is 11.8. The summed E-state index contributed by atoms with van der Waals surface area (Å²) in [4.78, 5) is 23.6. The first-order valence-corrected chi connectivity index (χ1v) is 7.28. The zero-order valence-electron chi connectivity index (χ0n) is 11.4. The van der Waals surface area contributed by atoms with Gasteiger partial charge in [-0.2, -0.15) is 0 Å². The Morgan fingerprint density at radius 1 is 1.19 bits per heavy atom. The lowest BCUT2D eigenvalue weighted by atomic mass is 9.79. The van der Waals surface area contributed by atoms with Crippen LogP contribution >= 0.6 is 23.2 Å². The molecule has 4 nitrogen and oxygen atoms in total. The van der Waals surface area contributed by atoms with Gasteiger partial charge in [0.25, 0.3) is 0 Å². The predicted molar refractivity (Wildman–Crippen MR) is 82.7 cm³/mol. The summed E-state index contributed by atoms with van der Waals surface area (Å²) in [6, 6.07) is 4.71. The van der Waals surface area contributed by atoms with Crippen molar-refractivity contribution in [3.05, 3.63) is 39.9 Å². The van der Waals surface area contributed by atoms with Crippen molar-refractivity contribution in [2.24, 2.45) is 11.8 Å². The van der Waals surface area contributed by atoms with Crippen LogP contribution in [0.25, 0.3) is 0 Å². The highest BCUT2D eigenvalue weighted by molar-refractivity contribution is 6.35. The number of rotatable bonds is 3. The first-order valence-electron chi connectivity index (χ1n) is 6.52. The summed E-state index contributed by atoms with van der Waals surface area (Å²) in [5.41, 5.74) is 1.49. The molecule has 2 rings (SSSR count). The van der Waals surface area contributed by atoms with Gasteiger partial charge in [-0.1, -0.05) is 34.9 Å². The van der Waals surface area contributed by atoms with Crippen LogP contribution in [0.4, 0.5) is 5.69 Å². The normalized spacial score (nSPS) is 21.6. The molecular formula is C15H15Cl2NO3. The number of halogens is 2. The third-order valence-electron chi connectivity index (χ3n) is 3.53. The fraction of sp³-hybridized carbons (Fsp3) is 0.333. The molecule has 1 aliphatic rings. The van der Waals surface area contributed by atoms with Gasteiger partial charge < -0.3 is 10.4 Å². The molecule has 0 spiro atoms. The Balaban J connectivity index is 2.18. The second-order valence-corrected chi connectivity index (χ2v) is 6.06. The molecule has 1 amide bonds. The van der Waals surface area contributed by atoms with E-state index >= 15 is 0 Å². The van der Waals surface area contributed by atoms with Crippen LogP contribution < -0.4 is 5.32 Å². The Hall–Kier alpha value is -1.52. The van der Waals surface area contributed by atoms with Crippen molar-refractivity contribution in [1.29, 1.82) is 0 Å². The number of amides is 1. The summed E-state index contributed by atoms with van der Waals surface area (Å²) in [7, 11) is 0. The van der Waals surface area contributed by atoms with E-state index in [9.17, 15) is 14.7 Å². The average Bonchev–Trinajstić information content (AvgIpc) is 2.36. The molecule has 2 N–H and O–H groups in total. The highest BCUT2D eigenvalue weighted by Gasteiger charge is 2.35. The summed E-state index contributed by atoms with van der Waals surface area (Å²) in [5.74, 6) is -2.58. The van der Waals surface area contributed by atoms with E-state index in [1.807, 2.05) is 13.0 Å². The number of hydrogen-bond acceptors (Lipinski definition) is 2. The number of allylic oxidation sites excluding steroid dienone is 2. The number of hydrogen-bond donors (Lipinski definition) is 2. The van der Waals surface area contributed by atoms with E-state index in [1.165, 1.54) is 0 Å². The fourth-order valence-corrected chi connectivity index (χ4v) is 3.00. The van der Waals surface area contributed by atoms with E-state index in [2.05, 4.69) is 5.32 Å².